The molecule has 2 heterocycles. The number of piperidine rings is 1. The van der Waals surface area contributed by atoms with Crippen LogP contribution in [0.2, 0.25) is 0 Å². The van der Waals surface area contributed by atoms with Gasteiger partial charge in [-0.25, -0.2) is 18.0 Å². The summed E-state index contributed by atoms with van der Waals surface area (Å²) in [6.07, 6.45) is -3.94. The Labute approximate surface area is 231 Å². The van der Waals surface area contributed by atoms with Gasteiger partial charge in [0.25, 0.3) is 0 Å². The summed E-state index contributed by atoms with van der Waals surface area (Å²) in [5.74, 6) is -4.52. The molecule has 0 atom stereocenters. The van der Waals surface area contributed by atoms with E-state index < -0.39 is 40.9 Å². The maximum Gasteiger partial charge on any atom is 0.416 e. The van der Waals surface area contributed by atoms with Crippen LogP contribution >= 0.6 is 0 Å². The molecule has 2 saturated heterocycles. The minimum atomic E-state index is -4.64. The molecule has 1 amide bonds. The molecule has 3 aromatic rings. The second-order valence-electron chi connectivity index (χ2n) is 9.88. The lowest BCUT2D eigenvalue weighted by atomic mass is 9.89. The second-order valence-corrected chi connectivity index (χ2v) is 9.88. The van der Waals surface area contributed by atoms with Crippen molar-refractivity contribution in [2.24, 2.45) is 0 Å². The number of rotatable bonds is 4. The summed E-state index contributed by atoms with van der Waals surface area (Å²) in [5.41, 5.74) is -1.15. The molecule has 0 bridgehead atoms. The second kappa shape index (κ2) is 11.8. The third-order valence-electron chi connectivity index (χ3n) is 7.28. The average molecular weight is 579 g/mol. The van der Waals surface area contributed by atoms with E-state index in [1.165, 1.54) is 6.92 Å². The molecule has 0 saturated carbocycles. The largest absolute Gasteiger partial charge is 0.441 e. The fourth-order valence-corrected chi connectivity index (χ4v) is 5.22. The van der Waals surface area contributed by atoms with Crippen LogP contribution in [0.5, 0.6) is 0 Å². The molecule has 3 aromatic carbocycles. The first-order valence-corrected chi connectivity index (χ1v) is 12.5. The highest BCUT2D eigenvalue weighted by Gasteiger charge is 2.47. The number of nitrogens with zero attached hydrogens (tertiary/aromatic N) is 2. The normalized spacial score (nSPS) is 16.7. The molecule has 0 unspecified atom stereocenters. The van der Waals surface area contributed by atoms with Gasteiger partial charge < -0.3 is 4.74 Å². The first-order chi connectivity index (χ1) is 19.4. The Balaban J connectivity index is 0.00000124. The summed E-state index contributed by atoms with van der Waals surface area (Å²) < 4.78 is 89.1. The van der Waals surface area contributed by atoms with Gasteiger partial charge in [-0.2, -0.15) is 22.8 Å². The molecule has 6 nitrogen and oxygen atoms in total. The SMILES string of the molecule is Cc1cc(-c2ccc(F)c(F)c2F)c(CN2CCC3(CC2)CN(c2ccccc2)C(=O)O3)cc1C(F)(F)F.O=C=O. The van der Waals surface area contributed by atoms with E-state index in [9.17, 15) is 31.1 Å². The summed E-state index contributed by atoms with van der Waals surface area (Å²) >= 11 is 0. The number of amides is 1. The Hall–Kier alpha value is -4.15. The van der Waals surface area contributed by atoms with Gasteiger partial charge in [0.2, 0.25) is 0 Å². The topological polar surface area (TPSA) is 66.9 Å². The first kappa shape index (κ1) is 29.8. The quantitative estimate of drug-likeness (QED) is 0.261. The van der Waals surface area contributed by atoms with Gasteiger partial charge in [0.15, 0.2) is 17.5 Å². The number of benzene rings is 3. The Bertz CT molecular complexity index is 1460. The van der Waals surface area contributed by atoms with Gasteiger partial charge in [-0.05, 0) is 53.9 Å². The van der Waals surface area contributed by atoms with Gasteiger partial charge in [-0.15, -0.1) is 0 Å². The van der Waals surface area contributed by atoms with Gasteiger partial charge >= 0.3 is 18.4 Å². The molecular weight excluding hydrogens is 554 g/mol. The van der Waals surface area contributed by atoms with Crippen molar-refractivity contribution >= 4 is 17.9 Å². The maximum atomic E-state index is 14.7. The molecule has 12 heteroatoms. The molecule has 0 aromatic heterocycles. The van der Waals surface area contributed by atoms with Crippen LogP contribution in [0.4, 0.5) is 36.8 Å². The standard InChI is InChI=1S/C28H24F6N2O2.CO2/c1-17-13-21(20-7-8-23(29)25(31)24(20)30)18(14-22(17)28(32,33)34)15-35-11-9-27(10-12-35)16-36(26(37)38-27)19-5-3-2-4-6-19;2-1-3/h2-8,13-14H,9-12,15-16H2,1H3;. The third-order valence-corrected chi connectivity index (χ3v) is 7.28. The number of halogens is 6. The lowest BCUT2D eigenvalue weighted by Crippen LogP contribution is -2.46. The fraction of sp³-hybridized carbons (Fsp3) is 0.310. The number of ether oxygens (including phenoxy) is 1. The highest BCUT2D eigenvalue weighted by Crippen LogP contribution is 2.40. The minimum Gasteiger partial charge on any atom is -0.441 e. The van der Waals surface area contributed by atoms with E-state index in [2.05, 4.69) is 0 Å². The number of carbonyl (C=O) groups excluding carboxylic acids is 3. The van der Waals surface area contributed by atoms with Crippen LogP contribution in [-0.2, 0) is 27.0 Å². The summed E-state index contributed by atoms with van der Waals surface area (Å²) in [5, 5.41) is 0. The minimum absolute atomic E-state index is 0.0174. The van der Waals surface area contributed by atoms with Crippen molar-refractivity contribution in [3.8, 4) is 11.1 Å². The Morgan fingerprint density at radius 1 is 0.927 bits per heavy atom. The number of para-hydroxylation sites is 1. The molecule has 5 rings (SSSR count). The molecular formula is C29H24F6N2O4. The van der Waals surface area contributed by atoms with Gasteiger partial charge in [-0.1, -0.05) is 24.3 Å². The van der Waals surface area contributed by atoms with Crippen LogP contribution in [0, 0.1) is 24.4 Å². The zero-order valence-corrected chi connectivity index (χ0v) is 21.7. The molecule has 0 aliphatic carbocycles. The number of likely N-dealkylation sites (tertiary alicyclic amines) is 1. The Morgan fingerprint density at radius 2 is 1.56 bits per heavy atom. The van der Waals surface area contributed by atoms with Gasteiger partial charge in [0.05, 0.1) is 12.1 Å². The highest BCUT2D eigenvalue weighted by molar-refractivity contribution is 5.90. The summed E-state index contributed by atoms with van der Waals surface area (Å²) in [7, 11) is 0. The van der Waals surface area contributed by atoms with Crippen molar-refractivity contribution in [3.63, 3.8) is 0 Å². The van der Waals surface area contributed by atoms with Crippen LogP contribution in [0.15, 0.2) is 54.6 Å². The highest BCUT2D eigenvalue weighted by atomic mass is 19.4. The van der Waals surface area contributed by atoms with Crippen molar-refractivity contribution in [3.05, 3.63) is 88.7 Å². The van der Waals surface area contributed by atoms with Gasteiger partial charge in [0.1, 0.15) is 5.60 Å². The van der Waals surface area contributed by atoms with Crippen LogP contribution in [0.25, 0.3) is 11.1 Å². The van der Waals surface area contributed by atoms with Gasteiger partial charge in [0, 0.05) is 43.7 Å². The van der Waals surface area contributed by atoms with E-state index in [4.69, 9.17) is 14.3 Å². The van der Waals surface area contributed by atoms with Crippen LogP contribution in [0.3, 0.4) is 0 Å². The number of alkyl halides is 3. The lowest BCUT2D eigenvalue weighted by molar-refractivity contribution is -0.191. The molecule has 2 aliphatic rings. The summed E-state index contributed by atoms with van der Waals surface area (Å²) in [6, 6.07) is 13.0. The predicted molar refractivity (Wildman–Crippen MR) is 134 cm³/mol. The number of hydrogen-bond donors (Lipinski definition) is 0. The molecule has 1 spiro atoms. The predicted octanol–water partition coefficient (Wildman–Crippen LogP) is 6.51. The molecule has 41 heavy (non-hydrogen) atoms. The lowest BCUT2D eigenvalue weighted by Gasteiger charge is -2.37. The monoisotopic (exact) mass is 578 g/mol. The third kappa shape index (κ3) is 6.28. The number of carbonyl (C=O) groups is 1. The number of aryl methyl sites for hydroxylation is 1. The molecule has 2 aliphatic heterocycles. The van der Waals surface area contributed by atoms with E-state index in [1.54, 1.807) is 4.90 Å². The Morgan fingerprint density at radius 3 is 2.17 bits per heavy atom. The van der Waals surface area contributed by atoms with Crippen molar-refractivity contribution in [1.29, 1.82) is 0 Å². The van der Waals surface area contributed by atoms with Crippen LogP contribution in [0.1, 0.15) is 29.5 Å². The molecule has 2 fully saturated rings. The molecule has 0 N–H and O–H groups in total. The molecule has 0 radical (unpaired) electrons. The van der Waals surface area contributed by atoms with Crippen LogP contribution < -0.4 is 4.90 Å². The van der Waals surface area contributed by atoms with Crippen molar-refractivity contribution in [2.75, 3.05) is 24.5 Å². The summed E-state index contributed by atoms with van der Waals surface area (Å²) in [4.78, 5) is 32.3. The zero-order valence-electron chi connectivity index (χ0n) is 21.7. The van der Waals surface area contributed by atoms with Gasteiger partial charge in [-0.3, -0.25) is 9.80 Å². The Kier molecular flexibility index (Phi) is 8.55. The van der Waals surface area contributed by atoms with Crippen molar-refractivity contribution in [2.45, 2.75) is 38.1 Å². The van der Waals surface area contributed by atoms with E-state index in [0.29, 0.717) is 38.2 Å². The summed E-state index contributed by atoms with van der Waals surface area (Å²) in [6.45, 7) is 2.43. The fourth-order valence-electron chi connectivity index (χ4n) is 5.22. The average Bonchev–Trinajstić information content (AvgIpc) is 3.25. The van der Waals surface area contributed by atoms with E-state index >= 15 is 0 Å². The van der Waals surface area contributed by atoms with Crippen molar-refractivity contribution in [1.82, 2.24) is 4.90 Å². The maximum absolute atomic E-state index is 14.7. The first-order valence-electron chi connectivity index (χ1n) is 12.5. The van der Waals surface area contributed by atoms with Crippen molar-refractivity contribution < 1.29 is 45.5 Å². The number of anilines is 1. The zero-order chi connectivity index (χ0) is 29.9. The number of hydrogen-bond acceptors (Lipinski definition) is 5. The molecule has 216 valence electrons. The van der Waals surface area contributed by atoms with E-state index in [0.717, 1.165) is 24.3 Å². The van der Waals surface area contributed by atoms with E-state index in [-0.39, 0.29) is 35.0 Å². The van der Waals surface area contributed by atoms with E-state index in [1.807, 2.05) is 35.2 Å². The smallest absolute Gasteiger partial charge is 0.416 e. The van der Waals surface area contributed by atoms with Crippen LogP contribution in [-0.4, -0.2) is 42.4 Å².